The number of aromatic carboxylic acids is 1. The van der Waals surface area contributed by atoms with E-state index in [1.807, 2.05) is 0 Å². The Morgan fingerprint density at radius 3 is 2.41 bits per heavy atom. The standard InChI is InChI=1S/C14H9Cl2NO5/c15-10-2-1-3-11(16)9(10)7-22-13-6-8(14(18)19)4-5-12(13)17(20)21/h1-6H,7H2,(H,18,19). The van der Waals surface area contributed by atoms with Crippen LogP contribution < -0.4 is 4.74 Å². The van der Waals surface area contributed by atoms with E-state index in [1.54, 1.807) is 18.2 Å². The zero-order valence-electron chi connectivity index (χ0n) is 11.0. The van der Waals surface area contributed by atoms with Crippen molar-refractivity contribution in [2.75, 3.05) is 0 Å². The van der Waals surface area contributed by atoms with Gasteiger partial charge in [-0.15, -0.1) is 0 Å². The predicted octanol–water partition coefficient (Wildman–Crippen LogP) is 4.18. The van der Waals surface area contributed by atoms with E-state index in [0.717, 1.165) is 18.2 Å². The first kappa shape index (κ1) is 16.1. The molecule has 0 unspecified atom stereocenters. The molecule has 0 aliphatic rings. The maximum absolute atomic E-state index is 11.0. The highest BCUT2D eigenvalue weighted by molar-refractivity contribution is 6.35. The lowest BCUT2D eigenvalue weighted by molar-refractivity contribution is -0.385. The van der Waals surface area contributed by atoms with Crippen LogP contribution in [0.5, 0.6) is 5.75 Å². The molecular weight excluding hydrogens is 333 g/mol. The van der Waals surface area contributed by atoms with Gasteiger partial charge in [0.15, 0.2) is 5.75 Å². The van der Waals surface area contributed by atoms with Crippen LogP contribution >= 0.6 is 23.2 Å². The van der Waals surface area contributed by atoms with Crippen molar-refractivity contribution in [3.63, 3.8) is 0 Å². The molecule has 0 amide bonds. The van der Waals surface area contributed by atoms with Crippen LogP contribution in [-0.2, 0) is 6.61 Å². The minimum Gasteiger partial charge on any atom is -0.482 e. The van der Waals surface area contributed by atoms with Crippen molar-refractivity contribution in [3.8, 4) is 5.75 Å². The Hall–Kier alpha value is -2.31. The van der Waals surface area contributed by atoms with Crippen LogP contribution in [0.3, 0.4) is 0 Å². The van der Waals surface area contributed by atoms with Crippen LogP contribution in [0.1, 0.15) is 15.9 Å². The molecule has 0 aliphatic heterocycles. The molecule has 2 rings (SSSR count). The molecule has 0 spiro atoms. The molecule has 0 aliphatic carbocycles. The second-order valence-corrected chi connectivity index (χ2v) is 5.05. The van der Waals surface area contributed by atoms with Crippen LogP contribution in [0, 0.1) is 10.1 Å². The predicted molar refractivity (Wildman–Crippen MR) is 80.8 cm³/mol. The summed E-state index contributed by atoms with van der Waals surface area (Å²) in [5.74, 6) is -1.38. The van der Waals surface area contributed by atoms with E-state index in [0.29, 0.717) is 15.6 Å². The summed E-state index contributed by atoms with van der Waals surface area (Å²) in [5.41, 5.74) is -0.000101. The first-order valence-electron chi connectivity index (χ1n) is 5.97. The number of carboxylic acids is 1. The summed E-state index contributed by atoms with van der Waals surface area (Å²) in [5, 5.41) is 20.6. The molecular formula is C14H9Cl2NO5. The Labute approximate surface area is 135 Å². The lowest BCUT2D eigenvalue weighted by atomic mass is 10.2. The van der Waals surface area contributed by atoms with Crippen molar-refractivity contribution in [2.45, 2.75) is 6.61 Å². The average molecular weight is 342 g/mol. The van der Waals surface area contributed by atoms with Crippen molar-refractivity contribution >= 4 is 34.9 Å². The van der Waals surface area contributed by atoms with Gasteiger partial charge in [0.05, 0.1) is 10.5 Å². The highest BCUT2D eigenvalue weighted by Crippen LogP contribution is 2.31. The van der Waals surface area contributed by atoms with E-state index in [1.165, 1.54) is 0 Å². The van der Waals surface area contributed by atoms with Crippen molar-refractivity contribution in [2.24, 2.45) is 0 Å². The molecule has 114 valence electrons. The first-order chi connectivity index (χ1) is 10.4. The monoisotopic (exact) mass is 341 g/mol. The van der Waals surface area contributed by atoms with Crippen LogP contribution in [0.25, 0.3) is 0 Å². The Morgan fingerprint density at radius 1 is 1.23 bits per heavy atom. The zero-order valence-corrected chi connectivity index (χ0v) is 12.5. The van der Waals surface area contributed by atoms with Gasteiger partial charge in [-0.1, -0.05) is 29.3 Å². The molecule has 0 aromatic heterocycles. The lowest BCUT2D eigenvalue weighted by Gasteiger charge is -2.10. The number of carboxylic acid groups (broad SMARTS) is 1. The van der Waals surface area contributed by atoms with Crippen LogP contribution in [0.2, 0.25) is 10.0 Å². The van der Waals surface area contributed by atoms with Crippen molar-refractivity contribution in [1.82, 2.24) is 0 Å². The molecule has 0 radical (unpaired) electrons. The number of benzene rings is 2. The van der Waals surface area contributed by atoms with Crippen LogP contribution in [0.15, 0.2) is 36.4 Å². The molecule has 0 fully saturated rings. The Kier molecular flexibility index (Phi) is 4.85. The topological polar surface area (TPSA) is 89.7 Å². The summed E-state index contributed by atoms with van der Waals surface area (Å²) in [6, 6.07) is 8.16. The average Bonchev–Trinajstić information content (AvgIpc) is 2.46. The molecule has 0 saturated carbocycles. The molecule has 0 heterocycles. The maximum atomic E-state index is 11.0. The molecule has 2 aromatic rings. The molecule has 8 heteroatoms. The third-order valence-electron chi connectivity index (χ3n) is 2.84. The number of ether oxygens (including phenoxy) is 1. The smallest absolute Gasteiger partial charge is 0.335 e. The van der Waals surface area contributed by atoms with Crippen LogP contribution in [-0.4, -0.2) is 16.0 Å². The quantitative estimate of drug-likeness (QED) is 0.650. The van der Waals surface area contributed by atoms with Gasteiger partial charge in [0, 0.05) is 27.7 Å². The number of halogens is 2. The van der Waals surface area contributed by atoms with Crippen LogP contribution in [0.4, 0.5) is 5.69 Å². The number of carbonyl (C=O) groups is 1. The van der Waals surface area contributed by atoms with E-state index in [9.17, 15) is 14.9 Å². The van der Waals surface area contributed by atoms with E-state index in [2.05, 4.69) is 0 Å². The summed E-state index contributed by atoms with van der Waals surface area (Å²) in [4.78, 5) is 21.3. The van der Waals surface area contributed by atoms with E-state index in [4.69, 9.17) is 33.0 Å². The minimum absolute atomic E-state index is 0.120. The highest BCUT2D eigenvalue weighted by atomic mass is 35.5. The fourth-order valence-electron chi connectivity index (χ4n) is 1.73. The Morgan fingerprint density at radius 2 is 1.86 bits per heavy atom. The van der Waals surface area contributed by atoms with Gasteiger partial charge in [-0.3, -0.25) is 10.1 Å². The lowest BCUT2D eigenvalue weighted by Crippen LogP contribution is -2.03. The molecule has 0 atom stereocenters. The van der Waals surface area contributed by atoms with E-state index < -0.39 is 10.9 Å². The molecule has 0 saturated heterocycles. The van der Waals surface area contributed by atoms with Gasteiger partial charge in [0.1, 0.15) is 6.61 Å². The van der Waals surface area contributed by atoms with Gasteiger partial charge in [0.25, 0.3) is 0 Å². The summed E-state index contributed by atoms with van der Waals surface area (Å²) in [6.45, 7) is -0.123. The van der Waals surface area contributed by atoms with Gasteiger partial charge in [-0.05, 0) is 18.2 Å². The second kappa shape index (κ2) is 6.64. The molecule has 22 heavy (non-hydrogen) atoms. The fraction of sp³-hybridized carbons (Fsp3) is 0.0714. The summed E-state index contributed by atoms with van der Waals surface area (Å²) < 4.78 is 5.36. The second-order valence-electron chi connectivity index (χ2n) is 4.23. The van der Waals surface area contributed by atoms with Crippen molar-refractivity contribution in [1.29, 1.82) is 0 Å². The van der Waals surface area contributed by atoms with Gasteiger partial charge >= 0.3 is 11.7 Å². The number of hydrogen-bond donors (Lipinski definition) is 1. The fourth-order valence-corrected chi connectivity index (χ4v) is 2.24. The third kappa shape index (κ3) is 3.47. The Balaban J connectivity index is 2.33. The number of nitrogens with zero attached hydrogens (tertiary/aromatic N) is 1. The van der Waals surface area contributed by atoms with Gasteiger partial charge in [-0.2, -0.15) is 0 Å². The van der Waals surface area contributed by atoms with Gasteiger partial charge in [-0.25, -0.2) is 4.79 Å². The number of nitro groups is 1. The highest BCUT2D eigenvalue weighted by Gasteiger charge is 2.18. The molecule has 1 N–H and O–H groups in total. The number of rotatable bonds is 5. The van der Waals surface area contributed by atoms with Gasteiger partial charge < -0.3 is 9.84 Å². The minimum atomic E-state index is -1.21. The Bertz CT molecular complexity index is 728. The van der Waals surface area contributed by atoms with E-state index in [-0.39, 0.29) is 23.6 Å². The largest absolute Gasteiger partial charge is 0.482 e. The first-order valence-corrected chi connectivity index (χ1v) is 6.73. The number of hydrogen-bond acceptors (Lipinski definition) is 4. The van der Waals surface area contributed by atoms with Crippen molar-refractivity contribution < 1.29 is 19.6 Å². The normalized spacial score (nSPS) is 10.3. The maximum Gasteiger partial charge on any atom is 0.335 e. The van der Waals surface area contributed by atoms with Crippen molar-refractivity contribution in [3.05, 3.63) is 67.7 Å². The summed E-state index contributed by atoms with van der Waals surface area (Å²) in [6.07, 6.45) is 0. The van der Waals surface area contributed by atoms with Gasteiger partial charge in [0.2, 0.25) is 0 Å². The number of nitro benzene ring substituents is 1. The molecule has 0 bridgehead atoms. The molecule has 6 nitrogen and oxygen atoms in total. The SMILES string of the molecule is O=C(O)c1ccc([N+](=O)[O-])c(OCc2c(Cl)cccc2Cl)c1. The zero-order chi connectivity index (χ0) is 16.3. The summed E-state index contributed by atoms with van der Waals surface area (Å²) >= 11 is 12.0. The summed E-state index contributed by atoms with van der Waals surface area (Å²) in [7, 11) is 0. The molecule has 2 aromatic carbocycles. The third-order valence-corrected chi connectivity index (χ3v) is 3.55. The van der Waals surface area contributed by atoms with E-state index >= 15 is 0 Å².